The molecule has 7 heteroatoms. The quantitative estimate of drug-likeness (QED) is 0.910. The molecule has 0 saturated carbocycles. The standard InChI is InChI=1S/C17H17ClN2O3S/c1-12(21)20-8-7-13-5-6-17(9-14(13)11-20)24(22,23)19-16-4-2-3-15(18)10-16/h2-6,9-10,19H,7-8,11H2,1H3. The number of fused-ring (bicyclic) bond motifs is 1. The van der Waals surface area contributed by atoms with E-state index >= 15 is 0 Å². The number of rotatable bonds is 3. The van der Waals surface area contributed by atoms with Crippen molar-refractivity contribution >= 4 is 33.2 Å². The van der Waals surface area contributed by atoms with Crippen LogP contribution < -0.4 is 4.72 Å². The van der Waals surface area contributed by atoms with Gasteiger partial charge in [0.25, 0.3) is 10.0 Å². The third-order valence-corrected chi connectivity index (χ3v) is 5.64. The second-order valence-corrected chi connectivity index (χ2v) is 7.86. The molecule has 1 N–H and O–H groups in total. The zero-order chi connectivity index (χ0) is 17.3. The van der Waals surface area contributed by atoms with Crippen LogP contribution in [0.3, 0.4) is 0 Å². The molecule has 0 aliphatic carbocycles. The maximum Gasteiger partial charge on any atom is 0.261 e. The number of carbonyl (C=O) groups excluding carboxylic acids is 1. The van der Waals surface area contributed by atoms with E-state index in [0.717, 1.165) is 17.5 Å². The number of sulfonamides is 1. The number of nitrogens with zero attached hydrogens (tertiary/aromatic N) is 1. The fourth-order valence-corrected chi connectivity index (χ4v) is 4.03. The SMILES string of the molecule is CC(=O)N1CCc2ccc(S(=O)(=O)Nc3cccc(Cl)c3)cc2C1. The van der Waals surface area contributed by atoms with Crippen molar-refractivity contribution in [2.24, 2.45) is 0 Å². The van der Waals surface area contributed by atoms with Gasteiger partial charge in [0.15, 0.2) is 0 Å². The monoisotopic (exact) mass is 364 g/mol. The Hall–Kier alpha value is -2.05. The van der Waals surface area contributed by atoms with Crippen molar-refractivity contribution in [2.75, 3.05) is 11.3 Å². The van der Waals surface area contributed by atoms with Crippen LogP contribution in [0.4, 0.5) is 5.69 Å². The van der Waals surface area contributed by atoms with E-state index in [4.69, 9.17) is 11.6 Å². The number of nitrogens with one attached hydrogen (secondary N) is 1. The van der Waals surface area contributed by atoms with Crippen LogP contribution in [0, 0.1) is 0 Å². The summed E-state index contributed by atoms with van der Waals surface area (Å²) >= 11 is 5.89. The van der Waals surface area contributed by atoms with Gasteiger partial charge in [-0.05, 0) is 47.9 Å². The molecule has 2 aromatic rings. The highest BCUT2D eigenvalue weighted by Crippen LogP contribution is 2.25. The number of anilines is 1. The van der Waals surface area contributed by atoms with Gasteiger partial charge in [-0.1, -0.05) is 23.7 Å². The molecule has 1 amide bonds. The maximum atomic E-state index is 12.6. The fraction of sp³-hybridized carbons (Fsp3) is 0.235. The molecule has 0 unspecified atom stereocenters. The van der Waals surface area contributed by atoms with Crippen molar-refractivity contribution < 1.29 is 13.2 Å². The van der Waals surface area contributed by atoms with E-state index in [2.05, 4.69) is 4.72 Å². The van der Waals surface area contributed by atoms with E-state index in [1.54, 1.807) is 41.3 Å². The predicted octanol–water partition coefficient (Wildman–Crippen LogP) is 3.05. The highest BCUT2D eigenvalue weighted by atomic mass is 35.5. The molecule has 0 aromatic heterocycles. The third-order valence-electron chi connectivity index (χ3n) is 4.02. The number of hydrogen-bond donors (Lipinski definition) is 1. The van der Waals surface area contributed by atoms with Crippen LogP contribution in [0.2, 0.25) is 5.02 Å². The minimum absolute atomic E-state index is 0.00837. The summed E-state index contributed by atoms with van der Waals surface area (Å²) in [4.78, 5) is 13.4. The van der Waals surface area contributed by atoms with E-state index in [1.807, 2.05) is 6.07 Å². The molecule has 0 spiro atoms. The second kappa shape index (κ2) is 6.45. The molecule has 1 heterocycles. The van der Waals surface area contributed by atoms with Crippen LogP contribution in [0.15, 0.2) is 47.4 Å². The molecule has 0 bridgehead atoms. The molecule has 1 aliphatic heterocycles. The first kappa shape index (κ1) is 16.8. The minimum atomic E-state index is -3.71. The van der Waals surface area contributed by atoms with Gasteiger partial charge in [0.05, 0.1) is 10.6 Å². The highest BCUT2D eigenvalue weighted by molar-refractivity contribution is 7.92. The molecular formula is C17H17ClN2O3S. The van der Waals surface area contributed by atoms with Crippen LogP contribution in [0.25, 0.3) is 0 Å². The molecule has 1 aliphatic rings. The zero-order valence-corrected chi connectivity index (χ0v) is 14.7. The molecule has 24 heavy (non-hydrogen) atoms. The molecule has 5 nitrogen and oxygen atoms in total. The number of amides is 1. The molecule has 0 atom stereocenters. The maximum absolute atomic E-state index is 12.6. The van der Waals surface area contributed by atoms with E-state index in [-0.39, 0.29) is 10.8 Å². The Balaban J connectivity index is 1.89. The molecule has 2 aromatic carbocycles. The van der Waals surface area contributed by atoms with E-state index in [0.29, 0.717) is 23.8 Å². The fourth-order valence-electron chi connectivity index (χ4n) is 2.74. The normalized spacial score (nSPS) is 14.2. The number of benzene rings is 2. The van der Waals surface area contributed by atoms with Crippen molar-refractivity contribution in [3.8, 4) is 0 Å². The summed E-state index contributed by atoms with van der Waals surface area (Å²) in [6.45, 7) is 2.62. The number of halogens is 1. The van der Waals surface area contributed by atoms with Crippen LogP contribution in [-0.2, 0) is 27.8 Å². The summed E-state index contributed by atoms with van der Waals surface area (Å²) in [7, 11) is -3.71. The third kappa shape index (κ3) is 3.55. The lowest BCUT2D eigenvalue weighted by Crippen LogP contribution is -2.34. The number of hydrogen-bond acceptors (Lipinski definition) is 3. The van der Waals surface area contributed by atoms with Gasteiger partial charge in [0.2, 0.25) is 5.91 Å². The lowest BCUT2D eigenvalue weighted by atomic mass is 10.00. The highest BCUT2D eigenvalue weighted by Gasteiger charge is 2.21. The Kier molecular flexibility index (Phi) is 4.51. The van der Waals surface area contributed by atoms with Gasteiger partial charge >= 0.3 is 0 Å². The smallest absolute Gasteiger partial charge is 0.261 e. The topological polar surface area (TPSA) is 66.5 Å². The van der Waals surface area contributed by atoms with Crippen LogP contribution in [-0.4, -0.2) is 25.8 Å². The van der Waals surface area contributed by atoms with Crippen molar-refractivity contribution in [3.05, 3.63) is 58.6 Å². The molecular weight excluding hydrogens is 348 g/mol. The lowest BCUT2D eigenvalue weighted by Gasteiger charge is -2.28. The Morgan fingerprint density at radius 2 is 1.96 bits per heavy atom. The van der Waals surface area contributed by atoms with Gasteiger partial charge in [-0.3, -0.25) is 9.52 Å². The predicted molar refractivity (Wildman–Crippen MR) is 93.5 cm³/mol. The first-order valence-corrected chi connectivity index (χ1v) is 9.37. The Morgan fingerprint density at radius 1 is 1.17 bits per heavy atom. The summed E-state index contributed by atoms with van der Waals surface area (Å²) in [6.07, 6.45) is 0.733. The van der Waals surface area contributed by atoms with Crippen molar-refractivity contribution in [1.29, 1.82) is 0 Å². The van der Waals surface area contributed by atoms with Crippen molar-refractivity contribution in [3.63, 3.8) is 0 Å². The van der Waals surface area contributed by atoms with Crippen molar-refractivity contribution in [2.45, 2.75) is 24.8 Å². The van der Waals surface area contributed by atoms with Crippen LogP contribution in [0.5, 0.6) is 0 Å². The summed E-state index contributed by atoms with van der Waals surface area (Å²) in [6, 6.07) is 11.6. The first-order valence-electron chi connectivity index (χ1n) is 7.51. The second-order valence-electron chi connectivity index (χ2n) is 5.74. The molecule has 0 fully saturated rings. The zero-order valence-electron chi connectivity index (χ0n) is 13.1. The average Bonchev–Trinajstić information content (AvgIpc) is 2.53. The van der Waals surface area contributed by atoms with Gasteiger partial charge in [-0.15, -0.1) is 0 Å². The van der Waals surface area contributed by atoms with Crippen molar-refractivity contribution in [1.82, 2.24) is 4.90 Å². The summed E-state index contributed by atoms with van der Waals surface area (Å²) in [5, 5.41) is 0.456. The number of carbonyl (C=O) groups is 1. The first-order chi connectivity index (χ1) is 11.3. The van der Waals surface area contributed by atoms with Crippen LogP contribution in [0.1, 0.15) is 18.1 Å². The molecule has 0 saturated heterocycles. The molecule has 126 valence electrons. The van der Waals surface area contributed by atoms with Gasteiger partial charge in [0.1, 0.15) is 0 Å². The lowest BCUT2D eigenvalue weighted by molar-refractivity contribution is -0.129. The Bertz CT molecular complexity index is 896. The van der Waals surface area contributed by atoms with Crippen LogP contribution >= 0.6 is 11.6 Å². The van der Waals surface area contributed by atoms with Gasteiger partial charge in [0, 0.05) is 25.0 Å². The van der Waals surface area contributed by atoms with Gasteiger partial charge in [-0.2, -0.15) is 0 Å². The minimum Gasteiger partial charge on any atom is -0.338 e. The Labute approximate surface area is 146 Å². The van der Waals surface area contributed by atoms with Gasteiger partial charge in [-0.25, -0.2) is 8.42 Å². The van der Waals surface area contributed by atoms with E-state index in [1.165, 1.54) is 6.92 Å². The van der Waals surface area contributed by atoms with E-state index < -0.39 is 10.0 Å². The summed E-state index contributed by atoms with van der Waals surface area (Å²) in [5.41, 5.74) is 2.35. The molecule has 3 rings (SSSR count). The summed E-state index contributed by atoms with van der Waals surface area (Å²) < 4.78 is 27.7. The molecule has 0 radical (unpaired) electrons. The summed E-state index contributed by atoms with van der Waals surface area (Å²) in [5.74, 6) is -0.00837. The Morgan fingerprint density at radius 3 is 2.67 bits per heavy atom. The van der Waals surface area contributed by atoms with Gasteiger partial charge < -0.3 is 4.90 Å². The largest absolute Gasteiger partial charge is 0.338 e. The average molecular weight is 365 g/mol. The van der Waals surface area contributed by atoms with E-state index in [9.17, 15) is 13.2 Å².